The number of esters is 1. The Morgan fingerprint density at radius 2 is 1.86 bits per heavy atom. The molecule has 0 amide bonds. The molecule has 0 bridgehead atoms. The summed E-state index contributed by atoms with van der Waals surface area (Å²) in [5, 5.41) is 15.7. The molecule has 21 heavy (non-hydrogen) atoms. The van der Waals surface area contributed by atoms with Crippen molar-refractivity contribution in [3.05, 3.63) is 33.9 Å². The maximum atomic E-state index is 11.9. The highest BCUT2D eigenvalue weighted by atomic mass is 32.2. The summed E-state index contributed by atoms with van der Waals surface area (Å²) in [6.07, 6.45) is -0.422. The average Bonchev–Trinajstić information content (AvgIpc) is 2.36. The molecule has 8 nitrogen and oxygen atoms in total. The van der Waals surface area contributed by atoms with Gasteiger partial charge in [-0.25, -0.2) is 18.4 Å². The van der Waals surface area contributed by atoms with Crippen molar-refractivity contribution in [3.8, 4) is 0 Å². The fourth-order valence-corrected chi connectivity index (χ4v) is 1.92. The Bertz CT molecular complexity index is 668. The molecule has 0 aromatic heterocycles. The molecule has 2 N–H and O–H groups in total. The van der Waals surface area contributed by atoms with Crippen LogP contribution in [0.3, 0.4) is 0 Å². The first kappa shape index (κ1) is 17.1. The number of carbonyl (C=O) groups is 1. The summed E-state index contributed by atoms with van der Waals surface area (Å²) >= 11 is 0. The van der Waals surface area contributed by atoms with Crippen molar-refractivity contribution in [2.24, 2.45) is 11.1 Å². The predicted octanol–water partition coefficient (Wildman–Crippen LogP) is 1.44. The Labute approximate surface area is 122 Å². The molecule has 0 saturated carbocycles. The lowest BCUT2D eigenvalue weighted by Crippen LogP contribution is -2.21. The number of ether oxygens (including phenoxy) is 1. The summed E-state index contributed by atoms with van der Waals surface area (Å²) in [6, 6.07) is 2.69. The first-order chi connectivity index (χ1) is 9.52. The summed E-state index contributed by atoms with van der Waals surface area (Å²) < 4.78 is 27.7. The third-order valence-electron chi connectivity index (χ3n) is 2.90. The fourth-order valence-electron chi connectivity index (χ4n) is 1.34. The van der Waals surface area contributed by atoms with E-state index in [1.807, 2.05) is 13.8 Å². The van der Waals surface area contributed by atoms with Gasteiger partial charge in [-0.15, -0.1) is 0 Å². The molecule has 1 atom stereocenters. The minimum absolute atomic E-state index is 0.0466. The summed E-state index contributed by atoms with van der Waals surface area (Å²) in [4.78, 5) is 21.4. The van der Waals surface area contributed by atoms with Crippen molar-refractivity contribution in [2.75, 3.05) is 0 Å². The molecule has 9 heteroatoms. The van der Waals surface area contributed by atoms with Gasteiger partial charge in [0, 0.05) is 12.1 Å². The molecule has 0 fully saturated rings. The first-order valence-corrected chi connectivity index (χ1v) is 7.60. The number of hydrogen-bond donors (Lipinski definition) is 1. The fraction of sp³-hybridized carbons (Fsp3) is 0.417. The van der Waals surface area contributed by atoms with Gasteiger partial charge in [-0.1, -0.05) is 13.8 Å². The van der Waals surface area contributed by atoms with E-state index in [0.717, 1.165) is 18.2 Å². The molecule has 1 rings (SSSR count). The number of nitro groups is 1. The average molecular weight is 316 g/mol. The van der Waals surface area contributed by atoms with E-state index in [2.05, 4.69) is 0 Å². The van der Waals surface area contributed by atoms with Crippen LogP contribution in [-0.4, -0.2) is 25.4 Å². The zero-order valence-electron chi connectivity index (χ0n) is 11.8. The minimum atomic E-state index is -4.17. The van der Waals surface area contributed by atoms with E-state index in [4.69, 9.17) is 9.88 Å². The topological polar surface area (TPSA) is 130 Å². The molecular weight excluding hydrogens is 300 g/mol. The number of nitrogens with zero attached hydrogens (tertiary/aromatic N) is 1. The van der Waals surface area contributed by atoms with Gasteiger partial charge < -0.3 is 4.74 Å². The van der Waals surface area contributed by atoms with Gasteiger partial charge in [-0.3, -0.25) is 10.1 Å². The third-order valence-corrected chi connectivity index (χ3v) is 3.79. The summed E-state index contributed by atoms with van der Waals surface area (Å²) in [5.41, 5.74) is -0.786. The summed E-state index contributed by atoms with van der Waals surface area (Å²) in [7, 11) is -4.17. The van der Waals surface area contributed by atoms with Gasteiger partial charge in [0.15, 0.2) is 0 Å². The molecule has 0 saturated heterocycles. The van der Waals surface area contributed by atoms with E-state index in [1.54, 1.807) is 6.92 Å². The second-order valence-corrected chi connectivity index (χ2v) is 6.43. The Morgan fingerprint density at radius 1 is 1.29 bits per heavy atom. The zero-order valence-corrected chi connectivity index (χ0v) is 12.6. The van der Waals surface area contributed by atoms with E-state index in [9.17, 15) is 23.3 Å². The number of hydrogen-bond acceptors (Lipinski definition) is 6. The number of nitro benzene ring substituents is 1. The van der Waals surface area contributed by atoms with E-state index in [0.29, 0.717) is 0 Å². The monoisotopic (exact) mass is 316 g/mol. The molecule has 0 heterocycles. The second-order valence-electron chi connectivity index (χ2n) is 4.87. The third kappa shape index (κ3) is 4.50. The molecule has 0 aliphatic carbocycles. The Morgan fingerprint density at radius 3 is 2.29 bits per heavy atom. The highest BCUT2D eigenvalue weighted by Gasteiger charge is 2.22. The van der Waals surface area contributed by atoms with Crippen LogP contribution < -0.4 is 5.14 Å². The van der Waals surface area contributed by atoms with Crippen molar-refractivity contribution in [2.45, 2.75) is 31.8 Å². The van der Waals surface area contributed by atoms with Crippen molar-refractivity contribution in [1.82, 2.24) is 0 Å². The zero-order chi connectivity index (χ0) is 16.4. The van der Waals surface area contributed by atoms with Crippen LogP contribution >= 0.6 is 0 Å². The van der Waals surface area contributed by atoms with Crippen LogP contribution in [0.4, 0.5) is 5.69 Å². The van der Waals surface area contributed by atoms with Crippen LogP contribution in [0.25, 0.3) is 0 Å². The smallest absolute Gasteiger partial charge is 0.338 e. The highest BCUT2D eigenvalue weighted by Crippen LogP contribution is 2.21. The maximum Gasteiger partial charge on any atom is 0.338 e. The maximum absolute atomic E-state index is 11.9. The SMILES string of the molecule is CC(C)C(C)OC(=O)c1cc([N+](=O)[O-])cc(S(N)(=O)=O)c1. The van der Waals surface area contributed by atoms with Gasteiger partial charge >= 0.3 is 5.97 Å². The highest BCUT2D eigenvalue weighted by molar-refractivity contribution is 7.89. The molecule has 0 spiro atoms. The van der Waals surface area contributed by atoms with E-state index in [1.165, 1.54) is 0 Å². The predicted molar refractivity (Wildman–Crippen MR) is 74.2 cm³/mol. The van der Waals surface area contributed by atoms with Crippen LogP contribution in [0.5, 0.6) is 0 Å². The van der Waals surface area contributed by atoms with Gasteiger partial charge in [0.05, 0.1) is 15.4 Å². The summed E-state index contributed by atoms with van der Waals surface area (Å²) in [6.45, 7) is 5.34. The van der Waals surface area contributed by atoms with Crippen LogP contribution in [0.15, 0.2) is 23.1 Å². The van der Waals surface area contributed by atoms with Crippen molar-refractivity contribution in [1.29, 1.82) is 0 Å². The molecule has 0 aliphatic heterocycles. The van der Waals surface area contributed by atoms with E-state index >= 15 is 0 Å². The molecule has 0 radical (unpaired) electrons. The number of rotatable bonds is 5. The number of carbonyl (C=O) groups excluding carboxylic acids is 1. The van der Waals surface area contributed by atoms with E-state index < -0.39 is 37.6 Å². The lowest BCUT2D eigenvalue weighted by Gasteiger charge is -2.16. The van der Waals surface area contributed by atoms with Gasteiger partial charge in [0.25, 0.3) is 5.69 Å². The number of non-ortho nitro benzene ring substituents is 1. The number of sulfonamides is 1. The van der Waals surface area contributed by atoms with Gasteiger partial charge in [0.2, 0.25) is 10.0 Å². The minimum Gasteiger partial charge on any atom is -0.459 e. The van der Waals surface area contributed by atoms with Crippen molar-refractivity contribution in [3.63, 3.8) is 0 Å². The lowest BCUT2D eigenvalue weighted by atomic mass is 10.1. The molecule has 1 aromatic carbocycles. The van der Waals surface area contributed by atoms with Crippen LogP contribution in [-0.2, 0) is 14.8 Å². The Balaban J connectivity index is 3.26. The lowest BCUT2D eigenvalue weighted by molar-refractivity contribution is -0.385. The van der Waals surface area contributed by atoms with Gasteiger partial charge in [0.1, 0.15) is 6.10 Å². The van der Waals surface area contributed by atoms with Crippen LogP contribution in [0.2, 0.25) is 0 Å². The molecular formula is C12H16N2O6S. The van der Waals surface area contributed by atoms with Crippen molar-refractivity contribution < 1.29 is 22.9 Å². The standard InChI is InChI=1S/C12H16N2O6S/c1-7(2)8(3)20-12(15)9-4-10(14(16)17)6-11(5-9)21(13,18)19/h4-8H,1-3H3,(H2,13,18,19). The summed E-state index contributed by atoms with van der Waals surface area (Å²) in [5.74, 6) is -0.796. The number of primary sulfonamides is 1. The molecule has 1 aromatic rings. The normalized spacial score (nSPS) is 13.0. The van der Waals surface area contributed by atoms with Crippen LogP contribution in [0.1, 0.15) is 31.1 Å². The Kier molecular flexibility index (Phi) is 5.02. The van der Waals surface area contributed by atoms with E-state index in [-0.39, 0.29) is 11.5 Å². The van der Waals surface area contributed by atoms with Gasteiger partial charge in [-0.2, -0.15) is 0 Å². The molecule has 116 valence electrons. The number of benzene rings is 1. The Hall–Kier alpha value is -2.00. The number of nitrogens with two attached hydrogens (primary N) is 1. The molecule has 1 unspecified atom stereocenters. The molecule has 0 aliphatic rings. The van der Waals surface area contributed by atoms with Crippen LogP contribution in [0, 0.1) is 16.0 Å². The largest absolute Gasteiger partial charge is 0.459 e. The van der Waals surface area contributed by atoms with Crippen molar-refractivity contribution >= 4 is 21.7 Å². The second kappa shape index (κ2) is 6.19. The quantitative estimate of drug-likeness (QED) is 0.497. The van der Waals surface area contributed by atoms with Gasteiger partial charge in [-0.05, 0) is 18.9 Å². The first-order valence-electron chi connectivity index (χ1n) is 6.05.